The molecule has 10 nitrogen and oxygen atoms in total. The predicted octanol–water partition coefficient (Wildman–Crippen LogP) is 3.63. The number of pyridine rings is 2. The molecule has 1 saturated heterocycles. The molecular weight excluding hydrogens is 518 g/mol. The van der Waals surface area contributed by atoms with Crippen molar-refractivity contribution in [1.29, 1.82) is 0 Å². The van der Waals surface area contributed by atoms with Crippen LogP contribution >= 0.6 is 0 Å². The summed E-state index contributed by atoms with van der Waals surface area (Å²) in [4.78, 5) is 24.2. The number of nitrogen functional groups attached to an aromatic ring is 1. The van der Waals surface area contributed by atoms with Crippen LogP contribution in [-0.4, -0.2) is 56.7 Å². The third kappa shape index (κ3) is 6.73. The molecule has 39 heavy (non-hydrogen) atoms. The Labute approximate surface area is 229 Å². The minimum atomic E-state index is -4.27. The van der Waals surface area contributed by atoms with E-state index in [1.165, 1.54) is 18.2 Å². The normalized spacial score (nSPS) is 16.8. The van der Waals surface area contributed by atoms with Gasteiger partial charge in [-0.2, -0.15) is 8.42 Å². The zero-order chi connectivity index (χ0) is 28.2. The van der Waals surface area contributed by atoms with E-state index in [1.54, 1.807) is 19.4 Å². The molecule has 1 aliphatic rings. The first-order valence-corrected chi connectivity index (χ1v) is 14.2. The minimum Gasteiger partial charge on any atom is -0.384 e. The van der Waals surface area contributed by atoms with Crippen LogP contribution in [0.25, 0.3) is 11.1 Å². The number of hydrogen-bond donors (Lipinski definition) is 2. The fraction of sp³-hybridized carbons (Fsp3) is 0.393. The quantitative estimate of drug-likeness (QED) is 0.361. The lowest BCUT2D eigenvalue weighted by Crippen LogP contribution is -2.41. The van der Waals surface area contributed by atoms with E-state index >= 15 is 0 Å². The number of nitrogens with zero attached hydrogens (tertiary/aromatic N) is 3. The van der Waals surface area contributed by atoms with E-state index in [4.69, 9.17) is 20.2 Å². The highest BCUT2D eigenvalue weighted by Gasteiger charge is 2.39. The van der Waals surface area contributed by atoms with E-state index in [9.17, 15) is 13.2 Å². The summed E-state index contributed by atoms with van der Waals surface area (Å²) in [6, 6.07) is 13.6. The third-order valence-corrected chi connectivity index (χ3v) is 7.88. The van der Waals surface area contributed by atoms with Gasteiger partial charge in [0.25, 0.3) is 15.9 Å². The molecule has 0 spiro atoms. The molecule has 1 aromatic carbocycles. The first-order valence-electron chi connectivity index (χ1n) is 12.7. The largest absolute Gasteiger partial charge is 0.384 e. The van der Waals surface area contributed by atoms with E-state index in [1.807, 2.05) is 24.3 Å². The number of sulfonamides is 1. The number of aromatic nitrogens is 2. The van der Waals surface area contributed by atoms with Gasteiger partial charge in [0.05, 0.1) is 25.4 Å². The SMILES string of the molecule is COCCOCc1cccc(-c2cnc(N3CC(C)CC3(C)C)c(C(=O)NS(=O)(=O)c3cccc(N)n3)c2)c1. The van der Waals surface area contributed by atoms with Gasteiger partial charge in [-0.3, -0.25) is 4.79 Å². The molecule has 1 atom stereocenters. The summed E-state index contributed by atoms with van der Waals surface area (Å²) in [6.45, 7) is 8.40. The first-order chi connectivity index (χ1) is 18.5. The fourth-order valence-electron chi connectivity index (χ4n) is 4.94. The number of nitrogens with two attached hydrogens (primary N) is 1. The molecule has 0 radical (unpaired) electrons. The number of rotatable bonds is 10. The lowest BCUT2D eigenvalue weighted by atomic mass is 9.97. The van der Waals surface area contributed by atoms with Crippen LogP contribution in [0.3, 0.4) is 0 Å². The topological polar surface area (TPSA) is 137 Å². The van der Waals surface area contributed by atoms with Crippen LogP contribution in [0.5, 0.6) is 0 Å². The van der Waals surface area contributed by atoms with E-state index in [2.05, 4.69) is 35.4 Å². The molecule has 3 N–H and O–H groups in total. The molecule has 0 bridgehead atoms. The Hall–Kier alpha value is -3.54. The number of benzene rings is 1. The van der Waals surface area contributed by atoms with Crippen molar-refractivity contribution < 1.29 is 22.7 Å². The molecule has 1 amide bonds. The average molecular weight is 554 g/mol. The maximum atomic E-state index is 13.6. The summed E-state index contributed by atoms with van der Waals surface area (Å²) in [5.74, 6) is 0.0549. The zero-order valence-electron chi connectivity index (χ0n) is 22.7. The molecule has 0 aliphatic carbocycles. The van der Waals surface area contributed by atoms with Gasteiger partial charge < -0.3 is 20.1 Å². The molecule has 0 saturated carbocycles. The summed E-state index contributed by atoms with van der Waals surface area (Å²) >= 11 is 0. The van der Waals surface area contributed by atoms with Crippen LogP contribution < -0.4 is 15.4 Å². The maximum absolute atomic E-state index is 13.6. The Morgan fingerprint density at radius 1 is 1.15 bits per heavy atom. The number of amides is 1. The molecule has 1 aliphatic heterocycles. The second-order valence-electron chi connectivity index (χ2n) is 10.4. The van der Waals surface area contributed by atoms with Gasteiger partial charge in [0.15, 0.2) is 5.03 Å². The summed E-state index contributed by atoms with van der Waals surface area (Å²) in [5.41, 5.74) is 8.00. The maximum Gasteiger partial charge on any atom is 0.281 e. The number of anilines is 2. The van der Waals surface area contributed by atoms with Crippen molar-refractivity contribution >= 4 is 27.6 Å². The van der Waals surface area contributed by atoms with E-state index in [0.29, 0.717) is 43.7 Å². The van der Waals surface area contributed by atoms with Gasteiger partial charge in [-0.1, -0.05) is 31.2 Å². The summed E-state index contributed by atoms with van der Waals surface area (Å²) in [6.07, 6.45) is 2.62. The van der Waals surface area contributed by atoms with Gasteiger partial charge >= 0.3 is 0 Å². The summed E-state index contributed by atoms with van der Waals surface area (Å²) in [7, 11) is -2.65. The highest BCUT2D eigenvalue weighted by Crippen LogP contribution is 2.38. The molecule has 1 unspecified atom stereocenters. The Bertz CT molecular complexity index is 1440. The van der Waals surface area contributed by atoms with Crippen molar-refractivity contribution in [2.45, 2.75) is 44.4 Å². The van der Waals surface area contributed by atoms with Gasteiger partial charge in [-0.05, 0) is 61.6 Å². The van der Waals surface area contributed by atoms with Crippen LogP contribution in [0, 0.1) is 5.92 Å². The minimum absolute atomic E-state index is 0.0357. The van der Waals surface area contributed by atoms with Crippen LogP contribution in [0.1, 0.15) is 43.1 Å². The van der Waals surface area contributed by atoms with E-state index < -0.39 is 15.9 Å². The number of carbonyl (C=O) groups is 1. The average Bonchev–Trinajstić information content (AvgIpc) is 3.17. The smallest absolute Gasteiger partial charge is 0.281 e. The van der Waals surface area contributed by atoms with Crippen molar-refractivity contribution in [2.24, 2.45) is 5.92 Å². The van der Waals surface area contributed by atoms with Gasteiger partial charge in [-0.15, -0.1) is 0 Å². The second-order valence-corrected chi connectivity index (χ2v) is 12.0. The highest BCUT2D eigenvalue weighted by molar-refractivity contribution is 7.90. The van der Waals surface area contributed by atoms with Crippen molar-refractivity contribution in [1.82, 2.24) is 14.7 Å². The van der Waals surface area contributed by atoms with Gasteiger partial charge in [0.1, 0.15) is 11.6 Å². The van der Waals surface area contributed by atoms with Gasteiger partial charge in [-0.25, -0.2) is 14.7 Å². The number of nitrogens with one attached hydrogen (secondary N) is 1. The Kier molecular flexibility index (Phi) is 8.53. The highest BCUT2D eigenvalue weighted by atomic mass is 32.2. The lowest BCUT2D eigenvalue weighted by molar-refractivity contribution is 0.0617. The van der Waals surface area contributed by atoms with Gasteiger partial charge in [0.2, 0.25) is 0 Å². The Balaban J connectivity index is 1.71. The number of carbonyl (C=O) groups excluding carboxylic acids is 1. The third-order valence-electron chi connectivity index (χ3n) is 6.65. The molecule has 3 aromatic rings. The zero-order valence-corrected chi connectivity index (χ0v) is 23.5. The van der Waals surface area contributed by atoms with Crippen molar-refractivity contribution in [2.75, 3.05) is 37.5 Å². The van der Waals surface area contributed by atoms with Crippen LogP contribution in [0.15, 0.2) is 59.8 Å². The Morgan fingerprint density at radius 3 is 2.62 bits per heavy atom. The van der Waals surface area contributed by atoms with Crippen molar-refractivity contribution in [3.05, 3.63) is 65.9 Å². The molecule has 4 rings (SSSR count). The molecule has 1 fully saturated rings. The number of hydrogen-bond acceptors (Lipinski definition) is 9. The van der Waals surface area contributed by atoms with E-state index in [0.717, 1.165) is 17.5 Å². The lowest BCUT2D eigenvalue weighted by Gasteiger charge is -2.33. The summed E-state index contributed by atoms with van der Waals surface area (Å²) in [5, 5.41) is -0.335. The van der Waals surface area contributed by atoms with Gasteiger partial charge in [0, 0.05) is 31.0 Å². The summed E-state index contributed by atoms with van der Waals surface area (Å²) < 4.78 is 38.9. The molecule has 2 aromatic heterocycles. The molecule has 11 heteroatoms. The van der Waals surface area contributed by atoms with Crippen LogP contribution in [0.2, 0.25) is 0 Å². The molecular formula is C28H35N5O5S. The predicted molar refractivity (Wildman–Crippen MR) is 150 cm³/mol. The van der Waals surface area contributed by atoms with Crippen LogP contribution in [0.4, 0.5) is 11.6 Å². The first kappa shape index (κ1) is 28.5. The Morgan fingerprint density at radius 2 is 1.92 bits per heavy atom. The molecule has 3 heterocycles. The van der Waals surface area contributed by atoms with Crippen molar-refractivity contribution in [3.63, 3.8) is 0 Å². The number of methoxy groups -OCH3 is 1. The fourth-order valence-corrected chi connectivity index (χ4v) is 5.88. The second kappa shape index (κ2) is 11.7. The van der Waals surface area contributed by atoms with E-state index in [-0.39, 0.29) is 21.9 Å². The standard InChI is InChI=1S/C28H35N5O5S/c1-19-15-28(2,3)33(17-19)26-23(27(34)32-39(35,36)25-10-6-9-24(29)31-25)14-22(16-30-26)21-8-5-7-20(13-21)18-38-12-11-37-4/h5-10,13-14,16,19H,11-12,15,17-18H2,1-4H3,(H2,29,31)(H,32,34). The molecule has 208 valence electrons. The number of ether oxygens (including phenoxy) is 2. The van der Waals surface area contributed by atoms with Crippen LogP contribution in [-0.2, 0) is 26.1 Å². The van der Waals surface area contributed by atoms with Crippen molar-refractivity contribution in [3.8, 4) is 11.1 Å². The monoisotopic (exact) mass is 553 g/mol.